The minimum atomic E-state index is -0.339. The maximum absolute atomic E-state index is 11.0. The number of hydrogen-bond acceptors (Lipinski definition) is 6. The first-order valence-corrected chi connectivity index (χ1v) is 9.92. The lowest BCUT2D eigenvalue weighted by Gasteiger charge is -2.61. The van der Waals surface area contributed by atoms with E-state index in [9.17, 15) is 10.1 Å². The second kappa shape index (κ2) is 6.09. The van der Waals surface area contributed by atoms with Gasteiger partial charge in [-0.1, -0.05) is 12.1 Å². The Morgan fingerprint density at radius 3 is 2.50 bits per heavy atom. The second-order valence-electron chi connectivity index (χ2n) is 8.96. The topological polar surface area (TPSA) is 111 Å². The number of aromatic nitrogens is 4. The van der Waals surface area contributed by atoms with E-state index in [1.54, 1.807) is 12.1 Å². The Labute approximate surface area is 162 Å². The second-order valence-corrected chi connectivity index (χ2v) is 8.96. The molecule has 0 radical (unpaired) electrons. The van der Waals surface area contributed by atoms with Crippen molar-refractivity contribution >= 4 is 5.69 Å². The molecular formula is C20H22N6O2. The average molecular weight is 378 g/mol. The van der Waals surface area contributed by atoms with Gasteiger partial charge in [0.1, 0.15) is 0 Å². The van der Waals surface area contributed by atoms with Crippen molar-refractivity contribution in [3.05, 3.63) is 45.8 Å². The van der Waals surface area contributed by atoms with Crippen molar-refractivity contribution in [2.45, 2.75) is 62.3 Å². The van der Waals surface area contributed by atoms with Crippen molar-refractivity contribution in [2.24, 2.45) is 11.8 Å². The summed E-state index contributed by atoms with van der Waals surface area (Å²) in [5.41, 5.74) is 1.35. The van der Waals surface area contributed by atoms with Crippen LogP contribution in [0.3, 0.4) is 0 Å². The van der Waals surface area contributed by atoms with E-state index in [1.165, 1.54) is 12.0 Å². The smallest absolute Gasteiger partial charge is 0.258 e. The number of nitro groups is 1. The third kappa shape index (κ3) is 2.53. The Hall–Kier alpha value is -2.82. The summed E-state index contributed by atoms with van der Waals surface area (Å²) in [7, 11) is 0. The molecule has 1 aromatic carbocycles. The van der Waals surface area contributed by atoms with Crippen LogP contribution >= 0.6 is 0 Å². The predicted octanol–water partition coefficient (Wildman–Crippen LogP) is 3.28. The molecule has 4 fully saturated rings. The molecule has 1 heterocycles. The number of aryl methyl sites for hydroxylation is 1. The number of tetrazole rings is 1. The van der Waals surface area contributed by atoms with Gasteiger partial charge in [0.05, 0.1) is 24.0 Å². The zero-order valence-corrected chi connectivity index (χ0v) is 15.6. The molecule has 0 spiro atoms. The zero-order chi connectivity index (χ0) is 19.4. The molecule has 8 nitrogen and oxygen atoms in total. The average Bonchev–Trinajstić information content (AvgIpc) is 3.15. The molecular weight excluding hydrogens is 356 g/mol. The van der Waals surface area contributed by atoms with Crippen molar-refractivity contribution in [3.8, 4) is 6.07 Å². The highest BCUT2D eigenvalue weighted by molar-refractivity contribution is 5.39. The maximum Gasteiger partial charge on any atom is 0.269 e. The van der Waals surface area contributed by atoms with E-state index >= 15 is 0 Å². The van der Waals surface area contributed by atoms with Crippen molar-refractivity contribution in [1.82, 2.24) is 20.2 Å². The van der Waals surface area contributed by atoms with E-state index in [1.807, 2.05) is 16.8 Å². The molecule has 28 heavy (non-hydrogen) atoms. The summed E-state index contributed by atoms with van der Waals surface area (Å²) in [5.74, 6) is 2.21. The predicted molar refractivity (Wildman–Crippen MR) is 99.2 cm³/mol. The lowest BCUT2D eigenvalue weighted by Crippen LogP contribution is -2.56. The molecule has 4 aliphatic carbocycles. The molecule has 144 valence electrons. The molecule has 0 aliphatic heterocycles. The summed E-state index contributed by atoms with van der Waals surface area (Å²) in [6.45, 7) is 0.528. The SMILES string of the molecule is N#CCCn1nnnc1C12C[C@@H]3C[C@@H](CC(c4ccc([N+](=O)[O-])cc4)(C3)C1)C2. The highest BCUT2D eigenvalue weighted by atomic mass is 16.6. The number of nitriles is 1. The van der Waals surface area contributed by atoms with Crippen LogP contribution in [0.15, 0.2) is 24.3 Å². The molecule has 0 saturated heterocycles. The first kappa shape index (κ1) is 17.3. The third-order valence-corrected chi connectivity index (χ3v) is 7.19. The molecule has 4 atom stereocenters. The van der Waals surface area contributed by atoms with E-state index < -0.39 is 0 Å². The fourth-order valence-electron chi connectivity index (χ4n) is 6.69. The summed E-state index contributed by atoms with van der Waals surface area (Å²) in [5, 5.41) is 32.5. The van der Waals surface area contributed by atoms with Crippen LogP contribution in [-0.2, 0) is 17.4 Å². The zero-order valence-electron chi connectivity index (χ0n) is 15.6. The Morgan fingerprint density at radius 1 is 1.18 bits per heavy atom. The van der Waals surface area contributed by atoms with Crippen molar-refractivity contribution < 1.29 is 4.92 Å². The number of rotatable bonds is 5. The van der Waals surface area contributed by atoms with Crippen LogP contribution in [0.2, 0.25) is 0 Å². The van der Waals surface area contributed by atoms with Crippen LogP contribution in [0.25, 0.3) is 0 Å². The van der Waals surface area contributed by atoms with Crippen LogP contribution in [0, 0.1) is 33.3 Å². The number of benzene rings is 1. The van der Waals surface area contributed by atoms with Gasteiger partial charge in [-0.15, -0.1) is 5.10 Å². The summed E-state index contributed by atoms with van der Waals surface area (Å²) < 4.78 is 1.83. The van der Waals surface area contributed by atoms with Gasteiger partial charge in [0.2, 0.25) is 0 Å². The molecule has 4 saturated carbocycles. The van der Waals surface area contributed by atoms with Crippen LogP contribution < -0.4 is 0 Å². The van der Waals surface area contributed by atoms with Gasteiger partial charge in [0, 0.05) is 17.5 Å². The van der Waals surface area contributed by atoms with Gasteiger partial charge in [0.25, 0.3) is 5.69 Å². The molecule has 6 rings (SSSR count). The number of nitrogens with zero attached hydrogens (tertiary/aromatic N) is 6. The monoisotopic (exact) mass is 378 g/mol. The van der Waals surface area contributed by atoms with Crippen LogP contribution in [0.1, 0.15) is 56.3 Å². The van der Waals surface area contributed by atoms with Crippen molar-refractivity contribution in [1.29, 1.82) is 5.26 Å². The normalized spacial score (nSPS) is 33.0. The van der Waals surface area contributed by atoms with Gasteiger partial charge in [-0.2, -0.15) is 5.26 Å². The first-order chi connectivity index (χ1) is 13.5. The molecule has 0 N–H and O–H groups in total. The molecule has 0 amide bonds. The minimum Gasteiger partial charge on any atom is -0.258 e. The molecule has 4 aliphatic rings. The van der Waals surface area contributed by atoms with Gasteiger partial charge in [0.15, 0.2) is 5.82 Å². The molecule has 1 aromatic heterocycles. The minimum absolute atomic E-state index is 0.0468. The van der Waals surface area contributed by atoms with Gasteiger partial charge >= 0.3 is 0 Å². The van der Waals surface area contributed by atoms with Crippen LogP contribution in [0.4, 0.5) is 5.69 Å². The van der Waals surface area contributed by atoms with Crippen molar-refractivity contribution in [2.75, 3.05) is 0 Å². The quantitative estimate of drug-likeness (QED) is 0.583. The largest absolute Gasteiger partial charge is 0.269 e. The first-order valence-electron chi connectivity index (χ1n) is 9.92. The van der Waals surface area contributed by atoms with E-state index in [-0.39, 0.29) is 21.4 Å². The van der Waals surface area contributed by atoms with E-state index in [0.29, 0.717) is 24.8 Å². The van der Waals surface area contributed by atoms with Gasteiger partial charge in [-0.05, 0) is 71.8 Å². The lowest BCUT2D eigenvalue weighted by atomic mass is 9.42. The van der Waals surface area contributed by atoms with E-state index in [4.69, 9.17) is 5.26 Å². The highest BCUT2D eigenvalue weighted by Crippen LogP contribution is 2.65. The number of non-ortho nitro benzene ring substituents is 1. The fraction of sp³-hybridized carbons (Fsp3) is 0.600. The van der Waals surface area contributed by atoms with Gasteiger partial charge in [-0.3, -0.25) is 10.1 Å². The fourth-order valence-corrected chi connectivity index (χ4v) is 6.69. The van der Waals surface area contributed by atoms with Crippen molar-refractivity contribution in [3.63, 3.8) is 0 Å². The maximum atomic E-state index is 11.0. The van der Waals surface area contributed by atoms with E-state index in [2.05, 4.69) is 21.6 Å². The summed E-state index contributed by atoms with van der Waals surface area (Å²) in [6, 6.07) is 9.37. The molecule has 2 aromatic rings. The standard InChI is InChI=1S/C20H22N6O2/c21-6-1-7-25-18(22-23-24-25)20-11-14-8-15(12-20)10-19(9-14,13-20)16-2-4-17(5-3-16)26(27)28/h2-5,14-15H,1,7-13H2/t14-,15+,19?,20?. The van der Waals surface area contributed by atoms with E-state index in [0.717, 1.165) is 37.9 Å². The summed E-state index contributed by atoms with van der Waals surface area (Å²) in [4.78, 5) is 10.7. The highest BCUT2D eigenvalue weighted by Gasteiger charge is 2.60. The lowest BCUT2D eigenvalue weighted by molar-refractivity contribution is -0.384. The Kier molecular flexibility index (Phi) is 3.76. The Balaban J connectivity index is 1.54. The molecule has 4 bridgehead atoms. The summed E-state index contributed by atoms with van der Waals surface area (Å²) in [6.07, 6.45) is 7.13. The Morgan fingerprint density at radius 2 is 1.86 bits per heavy atom. The van der Waals surface area contributed by atoms with Gasteiger partial charge in [-0.25, -0.2) is 4.68 Å². The van der Waals surface area contributed by atoms with Crippen LogP contribution in [0.5, 0.6) is 0 Å². The molecule has 2 unspecified atom stereocenters. The third-order valence-electron chi connectivity index (χ3n) is 7.19. The Bertz CT molecular complexity index is 946. The number of nitro benzene ring substituents is 1. The summed E-state index contributed by atoms with van der Waals surface area (Å²) >= 11 is 0. The van der Waals surface area contributed by atoms with Crippen LogP contribution in [-0.4, -0.2) is 25.1 Å². The number of hydrogen-bond donors (Lipinski definition) is 0. The molecule has 8 heteroatoms. The van der Waals surface area contributed by atoms with Gasteiger partial charge < -0.3 is 0 Å².